The molecule has 0 radical (unpaired) electrons. The standard InChI is InChI=1S/C15H18ClNO2S/c1-3-17-9-11-4-6-13(18-2)14(8-11)19-10-12-5-7-15(16)20-12/h4-8,17H,3,9-10H2,1-2H3. The van der Waals surface area contributed by atoms with Crippen molar-refractivity contribution in [3.63, 3.8) is 0 Å². The number of thiophene rings is 1. The van der Waals surface area contributed by atoms with Crippen LogP contribution in [0, 0.1) is 0 Å². The molecule has 0 bridgehead atoms. The molecule has 2 rings (SSSR count). The van der Waals surface area contributed by atoms with Gasteiger partial charge in [-0.2, -0.15) is 0 Å². The fourth-order valence-electron chi connectivity index (χ4n) is 1.79. The van der Waals surface area contributed by atoms with Gasteiger partial charge >= 0.3 is 0 Å². The SMILES string of the molecule is CCNCc1ccc(OC)c(OCc2ccc(Cl)s2)c1. The number of benzene rings is 1. The highest BCUT2D eigenvalue weighted by molar-refractivity contribution is 7.16. The van der Waals surface area contributed by atoms with Gasteiger partial charge in [0.2, 0.25) is 0 Å². The Morgan fingerprint density at radius 3 is 2.70 bits per heavy atom. The number of halogens is 1. The van der Waals surface area contributed by atoms with Crippen LogP contribution in [0.1, 0.15) is 17.4 Å². The maximum absolute atomic E-state index is 5.91. The summed E-state index contributed by atoms with van der Waals surface area (Å²) in [4.78, 5) is 1.09. The first-order valence-electron chi connectivity index (χ1n) is 6.47. The van der Waals surface area contributed by atoms with Crippen LogP contribution in [-0.4, -0.2) is 13.7 Å². The van der Waals surface area contributed by atoms with E-state index in [1.807, 2.05) is 30.3 Å². The average molecular weight is 312 g/mol. The Kier molecular flexibility index (Phi) is 5.71. The van der Waals surface area contributed by atoms with Crippen LogP contribution < -0.4 is 14.8 Å². The van der Waals surface area contributed by atoms with Gasteiger partial charge in [0.15, 0.2) is 11.5 Å². The lowest BCUT2D eigenvalue weighted by atomic mass is 10.2. The summed E-state index contributed by atoms with van der Waals surface area (Å²) < 4.78 is 12.0. The molecule has 0 saturated carbocycles. The van der Waals surface area contributed by atoms with Gasteiger partial charge in [-0.3, -0.25) is 0 Å². The van der Waals surface area contributed by atoms with Crippen molar-refractivity contribution in [1.29, 1.82) is 0 Å². The minimum Gasteiger partial charge on any atom is -0.493 e. The zero-order valence-electron chi connectivity index (χ0n) is 11.6. The van der Waals surface area contributed by atoms with E-state index in [-0.39, 0.29) is 0 Å². The summed E-state index contributed by atoms with van der Waals surface area (Å²) in [6.45, 7) is 4.34. The molecule has 108 valence electrons. The third-order valence-corrected chi connectivity index (χ3v) is 4.01. The van der Waals surface area contributed by atoms with Crippen molar-refractivity contribution in [1.82, 2.24) is 5.32 Å². The Morgan fingerprint density at radius 1 is 1.20 bits per heavy atom. The molecule has 0 unspecified atom stereocenters. The third-order valence-electron chi connectivity index (χ3n) is 2.81. The summed E-state index contributed by atoms with van der Waals surface area (Å²) >= 11 is 7.44. The molecule has 1 aromatic heterocycles. The second-order valence-electron chi connectivity index (χ2n) is 4.26. The van der Waals surface area contributed by atoms with E-state index in [2.05, 4.69) is 12.2 Å². The van der Waals surface area contributed by atoms with Crippen molar-refractivity contribution in [2.45, 2.75) is 20.1 Å². The number of hydrogen-bond acceptors (Lipinski definition) is 4. The van der Waals surface area contributed by atoms with Gasteiger partial charge < -0.3 is 14.8 Å². The lowest BCUT2D eigenvalue weighted by Gasteiger charge is -2.12. The molecule has 1 heterocycles. The smallest absolute Gasteiger partial charge is 0.162 e. The molecule has 0 aliphatic carbocycles. The van der Waals surface area contributed by atoms with Crippen molar-refractivity contribution in [2.24, 2.45) is 0 Å². The fourth-order valence-corrected chi connectivity index (χ4v) is 2.79. The normalized spacial score (nSPS) is 10.6. The van der Waals surface area contributed by atoms with Gasteiger partial charge in [0.25, 0.3) is 0 Å². The predicted octanol–water partition coefficient (Wildman–Crippen LogP) is 4.10. The second kappa shape index (κ2) is 7.53. The van der Waals surface area contributed by atoms with Crippen LogP contribution in [0.3, 0.4) is 0 Å². The minimum absolute atomic E-state index is 0.498. The Balaban J connectivity index is 2.07. The van der Waals surface area contributed by atoms with Crippen LogP contribution in [0.2, 0.25) is 4.34 Å². The number of hydrogen-bond donors (Lipinski definition) is 1. The predicted molar refractivity (Wildman–Crippen MR) is 84.0 cm³/mol. The quantitative estimate of drug-likeness (QED) is 0.835. The lowest BCUT2D eigenvalue weighted by molar-refractivity contribution is 0.287. The van der Waals surface area contributed by atoms with Crippen molar-refractivity contribution in [3.8, 4) is 11.5 Å². The average Bonchev–Trinajstić information content (AvgIpc) is 2.88. The van der Waals surface area contributed by atoms with Gasteiger partial charge in [-0.25, -0.2) is 0 Å². The number of ether oxygens (including phenoxy) is 2. The van der Waals surface area contributed by atoms with E-state index in [1.54, 1.807) is 7.11 Å². The molecule has 20 heavy (non-hydrogen) atoms. The molecule has 3 nitrogen and oxygen atoms in total. The van der Waals surface area contributed by atoms with Gasteiger partial charge in [0.05, 0.1) is 11.4 Å². The van der Waals surface area contributed by atoms with Crippen molar-refractivity contribution in [3.05, 3.63) is 45.1 Å². The van der Waals surface area contributed by atoms with Crippen molar-refractivity contribution < 1.29 is 9.47 Å². The first kappa shape index (κ1) is 15.2. The first-order chi connectivity index (χ1) is 9.72. The Labute approximate surface area is 128 Å². The molecule has 0 fully saturated rings. The fraction of sp³-hybridized carbons (Fsp3) is 0.333. The first-order valence-corrected chi connectivity index (χ1v) is 7.67. The summed E-state index contributed by atoms with van der Waals surface area (Å²) in [5.74, 6) is 1.50. The van der Waals surface area contributed by atoms with E-state index < -0.39 is 0 Å². The molecule has 0 aliphatic heterocycles. The maximum atomic E-state index is 5.91. The molecule has 0 aliphatic rings. The molecule has 0 spiro atoms. The Hall–Kier alpha value is -1.23. The van der Waals surface area contributed by atoms with E-state index in [4.69, 9.17) is 21.1 Å². The number of rotatable bonds is 7. The van der Waals surface area contributed by atoms with Gasteiger partial charge in [0, 0.05) is 11.4 Å². The summed E-state index contributed by atoms with van der Waals surface area (Å²) in [5.41, 5.74) is 1.17. The van der Waals surface area contributed by atoms with E-state index in [0.717, 1.165) is 33.8 Å². The second-order valence-corrected chi connectivity index (χ2v) is 6.06. The van der Waals surface area contributed by atoms with E-state index >= 15 is 0 Å². The molecule has 5 heteroatoms. The van der Waals surface area contributed by atoms with E-state index in [1.165, 1.54) is 16.9 Å². The summed E-state index contributed by atoms with van der Waals surface area (Å²) in [5, 5.41) is 3.29. The molecule has 0 saturated heterocycles. The summed E-state index contributed by atoms with van der Waals surface area (Å²) in [7, 11) is 1.65. The largest absolute Gasteiger partial charge is 0.493 e. The third kappa shape index (κ3) is 4.13. The zero-order chi connectivity index (χ0) is 14.4. The molecular weight excluding hydrogens is 294 g/mol. The zero-order valence-corrected chi connectivity index (χ0v) is 13.2. The molecule has 0 amide bonds. The van der Waals surface area contributed by atoms with Crippen LogP contribution in [0.15, 0.2) is 30.3 Å². The van der Waals surface area contributed by atoms with Crippen molar-refractivity contribution >= 4 is 22.9 Å². The molecule has 1 N–H and O–H groups in total. The van der Waals surface area contributed by atoms with E-state index in [9.17, 15) is 0 Å². The van der Waals surface area contributed by atoms with Crippen LogP contribution >= 0.6 is 22.9 Å². The van der Waals surface area contributed by atoms with Crippen LogP contribution in [-0.2, 0) is 13.2 Å². The highest BCUT2D eigenvalue weighted by Gasteiger charge is 2.07. The number of methoxy groups -OCH3 is 1. The maximum Gasteiger partial charge on any atom is 0.162 e. The van der Waals surface area contributed by atoms with Gasteiger partial charge in [-0.05, 0) is 36.4 Å². The number of nitrogens with one attached hydrogen (secondary N) is 1. The lowest BCUT2D eigenvalue weighted by Crippen LogP contribution is -2.11. The van der Waals surface area contributed by atoms with Crippen LogP contribution in [0.25, 0.3) is 0 Å². The Bertz CT molecular complexity index is 557. The summed E-state index contributed by atoms with van der Waals surface area (Å²) in [6.07, 6.45) is 0. The topological polar surface area (TPSA) is 30.5 Å². The van der Waals surface area contributed by atoms with Gasteiger partial charge in [-0.1, -0.05) is 24.6 Å². The minimum atomic E-state index is 0.498. The van der Waals surface area contributed by atoms with Crippen LogP contribution in [0.5, 0.6) is 11.5 Å². The van der Waals surface area contributed by atoms with Gasteiger partial charge in [-0.15, -0.1) is 11.3 Å². The molecule has 0 atom stereocenters. The van der Waals surface area contributed by atoms with E-state index in [0.29, 0.717) is 6.61 Å². The molecule has 2 aromatic rings. The highest BCUT2D eigenvalue weighted by atomic mass is 35.5. The molecular formula is C15H18ClNO2S. The Morgan fingerprint density at radius 2 is 2.05 bits per heavy atom. The summed E-state index contributed by atoms with van der Waals surface area (Å²) in [6, 6.07) is 9.84. The van der Waals surface area contributed by atoms with Crippen LogP contribution in [0.4, 0.5) is 0 Å². The molecule has 1 aromatic carbocycles. The van der Waals surface area contributed by atoms with Crippen molar-refractivity contribution in [2.75, 3.05) is 13.7 Å². The monoisotopic (exact) mass is 311 g/mol. The van der Waals surface area contributed by atoms with Gasteiger partial charge in [0.1, 0.15) is 6.61 Å². The highest BCUT2D eigenvalue weighted by Crippen LogP contribution is 2.30.